The van der Waals surface area contributed by atoms with Crippen molar-refractivity contribution in [3.63, 3.8) is 0 Å². The maximum atomic E-state index is 11.8. The molecule has 4 saturated carbocycles. The van der Waals surface area contributed by atoms with Crippen LogP contribution < -0.4 is 11.1 Å². The molecule has 4 rings (SSSR count). The molecule has 0 aliphatic heterocycles. The fraction of sp³-hybridized carbons (Fsp3) is 0.923. The van der Waals surface area contributed by atoms with Gasteiger partial charge in [0.2, 0.25) is 5.91 Å². The van der Waals surface area contributed by atoms with Gasteiger partial charge in [0.1, 0.15) is 6.61 Å². The van der Waals surface area contributed by atoms with E-state index in [0.717, 1.165) is 38.5 Å². The fourth-order valence-electron chi connectivity index (χ4n) is 3.59. The summed E-state index contributed by atoms with van der Waals surface area (Å²) in [6, 6.07) is 0. The molecular formula is C13H23ClN2O3. The Kier molecular flexibility index (Phi) is 3.86. The highest BCUT2D eigenvalue weighted by atomic mass is 35.5. The van der Waals surface area contributed by atoms with Gasteiger partial charge in [0.15, 0.2) is 5.79 Å². The molecule has 0 atom stereocenters. The fourth-order valence-corrected chi connectivity index (χ4v) is 3.59. The molecule has 2 bridgehead atoms. The first kappa shape index (κ1) is 15.0. The number of hydrogen-bond acceptors (Lipinski definition) is 4. The van der Waals surface area contributed by atoms with E-state index in [4.69, 9.17) is 15.2 Å². The van der Waals surface area contributed by atoms with Crippen LogP contribution in [0.1, 0.15) is 45.4 Å². The zero-order valence-corrected chi connectivity index (χ0v) is 12.2. The minimum atomic E-state index is -0.486. The van der Waals surface area contributed by atoms with Gasteiger partial charge >= 0.3 is 0 Å². The normalized spacial score (nSPS) is 37.2. The average molecular weight is 291 g/mol. The van der Waals surface area contributed by atoms with E-state index < -0.39 is 5.79 Å². The third-order valence-electron chi connectivity index (χ3n) is 4.46. The number of rotatable bonds is 6. The Hall–Kier alpha value is -0.360. The highest BCUT2D eigenvalue weighted by Gasteiger charge is 2.66. The Morgan fingerprint density at radius 2 is 1.89 bits per heavy atom. The summed E-state index contributed by atoms with van der Waals surface area (Å²) in [4.78, 5) is 11.8. The molecule has 1 amide bonds. The van der Waals surface area contributed by atoms with Crippen LogP contribution in [-0.2, 0) is 14.3 Å². The molecule has 110 valence electrons. The standard InChI is InChI=1S/C13H22N2O3.ClH/c1-2-17-13(4-3-5-13)18-6-10(16)15-12-7-11(14,8-12)9-12;/h2-9,14H2,1H3,(H,15,16);1H. The van der Waals surface area contributed by atoms with Crippen LogP contribution in [0.4, 0.5) is 0 Å². The second kappa shape index (κ2) is 4.88. The van der Waals surface area contributed by atoms with Crippen molar-refractivity contribution in [2.75, 3.05) is 13.2 Å². The summed E-state index contributed by atoms with van der Waals surface area (Å²) < 4.78 is 11.2. The van der Waals surface area contributed by atoms with Crippen molar-refractivity contribution in [2.45, 2.75) is 62.3 Å². The largest absolute Gasteiger partial charge is 0.350 e. The highest BCUT2D eigenvalue weighted by molar-refractivity contribution is 5.85. The molecule has 0 heterocycles. The van der Waals surface area contributed by atoms with Crippen LogP contribution >= 0.6 is 12.4 Å². The van der Waals surface area contributed by atoms with E-state index in [1.54, 1.807) is 0 Å². The van der Waals surface area contributed by atoms with Crippen LogP contribution in [0.2, 0.25) is 0 Å². The van der Waals surface area contributed by atoms with Gasteiger partial charge in [0.05, 0.1) is 0 Å². The van der Waals surface area contributed by atoms with E-state index in [-0.39, 0.29) is 36.0 Å². The zero-order chi connectivity index (χ0) is 12.9. The lowest BCUT2D eigenvalue weighted by Gasteiger charge is -2.68. The van der Waals surface area contributed by atoms with Crippen molar-refractivity contribution >= 4 is 18.3 Å². The first-order chi connectivity index (χ1) is 8.49. The minimum Gasteiger partial charge on any atom is -0.350 e. The Labute approximate surface area is 120 Å². The summed E-state index contributed by atoms with van der Waals surface area (Å²) >= 11 is 0. The summed E-state index contributed by atoms with van der Waals surface area (Å²) in [5.41, 5.74) is 5.98. The molecule has 0 radical (unpaired) electrons. The number of nitrogens with two attached hydrogens (primary N) is 1. The van der Waals surface area contributed by atoms with Gasteiger partial charge in [-0.3, -0.25) is 4.79 Å². The van der Waals surface area contributed by atoms with Crippen molar-refractivity contribution in [3.8, 4) is 0 Å². The van der Waals surface area contributed by atoms with Gasteiger partial charge in [-0.15, -0.1) is 12.4 Å². The monoisotopic (exact) mass is 290 g/mol. The molecule has 0 unspecified atom stereocenters. The molecule has 5 nitrogen and oxygen atoms in total. The lowest BCUT2D eigenvalue weighted by molar-refractivity contribution is -0.273. The number of nitrogens with one attached hydrogen (secondary N) is 1. The topological polar surface area (TPSA) is 73.6 Å². The molecule has 0 aromatic carbocycles. The van der Waals surface area contributed by atoms with E-state index in [1.165, 1.54) is 0 Å². The average Bonchev–Trinajstić information content (AvgIpc) is 2.18. The highest BCUT2D eigenvalue weighted by Crippen LogP contribution is 2.58. The third-order valence-corrected chi connectivity index (χ3v) is 4.46. The maximum Gasteiger partial charge on any atom is 0.246 e. The first-order valence-electron chi connectivity index (χ1n) is 6.87. The van der Waals surface area contributed by atoms with E-state index in [9.17, 15) is 4.79 Å². The number of amides is 1. The van der Waals surface area contributed by atoms with Gasteiger partial charge in [-0.1, -0.05) is 0 Å². The van der Waals surface area contributed by atoms with Crippen molar-refractivity contribution in [1.82, 2.24) is 5.32 Å². The Morgan fingerprint density at radius 3 is 2.32 bits per heavy atom. The summed E-state index contributed by atoms with van der Waals surface area (Å²) in [6.07, 6.45) is 5.66. The van der Waals surface area contributed by atoms with Crippen LogP contribution in [0.15, 0.2) is 0 Å². The van der Waals surface area contributed by atoms with Gasteiger partial charge in [0, 0.05) is 30.5 Å². The van der Waals surface area contributed by atoms with Crippen molar-refractivity contribution in [3.05, 3.63) is 0 Å². The number of ether oxygens (including phenoxy) is 2. The van der Waals surface area contributed by atoms with E-state index in [0.29, 0.717) is 6.61 Å². The first-order valence-corrected chi connectivity index (χ1v) is 6.87. The van der Waals surface area contributed by atoms with Gasteiger partial charge in [-0.05, 0) is 32.6 Å². The Balaban J connectivity index is 0.00000133. The van der Waals surface area contributed by atoms with E-state index in [2.05, 4.69) is 5.32 Å². The Morgan fingerprint density at radius 1 is 1.26 bits per heavy atom. The smallest absolute Gasteiger partial charge is 0.246 e. The molecule has 0 spiro atoms. The molecular weight excluding hydrogens is 268 g/mol. The van der Waals surface area contributed by atoms with E-state index >= 15 is 0 Å². The van der Waals surface area contributed by atoms with Crippen LogP contribution in [0.25, 0.3) is 0 Å². The lowest BCUT2D eigenvalue weighted by Crippen LogP contribution is -2.82. The SMILES string of the molecule is CCOC1(OCC(=O)NC23CC(N)(C2)C3)CCC1.Cl. The molecule has 4 aliphatic rings. The van der Waals surface area contributed by atoms with Crippen molar-refractivity contribution in [1.29, 1.82) is 0 Å². The van der Waals surface area contributed by atoms with Crippen LogP contribution in [0, 0.1) is 0 Å². The maximum absolute atomic E-state index is 11.8. The van der Waals surface area contributed by atoms with Gasteiger partial charge in [-0.2, -0.15) is 0 Å². The predicted octanol–water partition coefficient (Wildman–Crippen LogP) is 1.09. The predicted molar refractivity (Wildman–Crippen MR) is 73.1 cm³/mol. The molecule has 4 fully saturated rings. The summed E-state index contributed by atoms with van der Waals surface area (Å²) in [6.45, 7) is 2.67. The molecule has 4 aliphatic carbocycles. The molecule has 6 heteroatoms. The number of hydrogen-bond donors (Lipinski definition) is 2. The van der Waals surface area contributed by atoms with Crippen LogP contribution in [0.3, 0.4) is 0 Å². The van der Waals surface area contributed by atoms with Gasteiger partial charge < -0.3 is 20.5 Å². The van der Waals surface area contributed by atoms with Crippen molar-refractivity contribution < 1.29 is 14.3 Å². The molecule has 19 heavy (non-hydrogen) atoms. The summed E-state index contributed by atoms with van der Waals surface area (Å²) in [7, 11) is 0. The van der Waals surface area contributed by atoms with Crippen LogP contribution in [0.5, 0.6) is 0 Å². The summed E-state index contributed by atoms with van der Waals surface area (Å²) in [5, 5.41) is 3.05. The van der Waals surface area contributed by atoms with Gasteiger partial charge in [0.25, 0.3) is 0 Å². The molecule has 0 saturated heterocycles. The lowest BCUT2D eigenvalue weighted by atomic mass is 9.44. The number of carbonyl (C=O) groups is 1. The quantitative estimate of drug-likeness (QED) is 0.718. The molecule has 3 N–H and O–H groups in total. The summed E-state index contributed by atoms with van der Waals surface area (Å²) in [5.74, 6) is -0.525. The molecule has 0 aromatic heterocycles. The van der Waals surface area contributed by atoms with Gasteiger partial charge in [-0.25, -0.2) is 0 Å². The zero-order valence-electron chi connectivity index (χ0n) is 11.4. The van der Waals surface area contributed by atoms with E-state index in [1.807, 2.05) is 6.92 Å². The van der Waals surface area contributed by atoms with Crippen molar-refractivity contribution in [2.24, 2.45) is 5.73 Å². The Bertz CT molecular complexity index is 351. The minimum absolute atomic E-state index is 0. The van der Waals surface area contributed by atoms with Crippen LogP contribution in [-0.4, -0.2) is 36.0 Å². The third kappa shape index (κ3) is 2.61. The molecule has 0 aromatic rings. The number of halogens is 1. The second-order valence-electron chi connectivity index (χ2n) is 6.21. The second-order valence-corrected chi connectivity index (χ2v) is 6.21. The number of carbonyl (C=O) groups excluding carboxylic acids is 1.